The summed E-state index contributed by atoms with van der Waals surface area (Å²) in [6, 6.07) is 15.4. The van der Waals surface area contributed by atoms with E-state index >= 15 is 0 Å². The van der Waals surface area contributed by atoms with Gasteiger partial charge in [-0.1, -0.05) is 23.7 Å². The molecule has 190 valence electrons. The van der Waals surface area contributed by atoms with Gasteiger partial charge in [0.25, 0.3) is 5.91 Å². The van der Waals surface area contributed by atoms with Gasteiger partial charge in [0, 0.05) is 7.05 Å². The van der Waals surface area contributed by atoms with Gasteiger partial charge in [0.15, 0.2) is 16.7 Å². The summed E-state index contributed by atoms with van der Waals surface area (Å²) in [5, 5.41) is 9.81. The van der Waals surface area contributed by atoms with Gasteiger partial charge in [-0.05, 0) is 84.4 Å². The maximum atomic E-state index is 13.2. The highest BCUT2D eigenvalue weighted by Gasteiger charge is 2.30. The van der Waals surface area contributed by atoms with E-state index in [0.29, 0.717) is 44.5 Å². The predicted octanol–water partition coefficient (Wildman–Crippen LogP) is 6.39. The zero-order chi connectivity index (χ0) is 26.5. The van der Waals surface area contributed by atoms with E-state index in [-0.39, 0.29) is 23.9 Å². The first kappa shape index (κ1) is 26.2. The van der Waals surface area contributed by atoms with Crippen LogP contribution in [0.15, 0.2) is 70.6 Å². The van der Waals surface area contributed by atoms with Crippen molar-refractivity contribution in [1.29, 1.82) is 0 Å². The van der Waals surface area contributed by atoms with Gasteiger partial charge >= 0.3 is 5.97 Å². The molecule has 1 N–H and O–H groups in total. The number of rotatable bonds is 8. The van der Waals surface area contributed by atoms with Crippen LogP contribution >= 0.6 is 23.4 Å². The zero-order valence-electron chi connectivity index (χ0n) is 19.9. The molecule has 1 heterocycles. The Morgan fingerprint density at radius 1 is 1.14 bits per heavy atom. The number of halogens is 2. The summed E-state index contributed by atoms with van der Waals surface area (Å²) >= 11 is 7.71. The van der Waals surface area contributed by atoms with Crippen LogP contribution < -0.4 is 9.47 Å². The van der Waals surface area contributed by atoms with Crippen molar-refractivity contribution in [2.75, 3.05) is 13.7 Å². The monoisotopic (exact) mass is 540 g/mol. The average molecular weight is 541 g/mol. The molecule has 3 aromatic rings. The van der Waals surface area contributed by atoms with Gasteiger partial charge in [0.1, 0.15) is 12.4 Å². The van der Waals surface area contributed by atoms with E-state index in [0.717, 1.165) is 5.56 Å². The van der Waals surface area contributed by atoms with Crippen molar-refractivity contribution in [3.8, 4) is 11.5 Å². The number of amides is 1. The number of aliphatic imine (C=N–C) groups is 1. The predicted molar refractivity (Wildman–Crippen MR) is 142 cm³/mol. The molecule has 1 aliphatic rings. The molecule has 4 rings (SSSR count). The Morgan fingerprint density at radius 2 is 1.84 bits per heavy atom. The summed E-state index contributed by atoms with van der Waals surface area (Å²) in [7, 11) is 1.62. The molecule has 3 aromatic carbocycles. The number of likely N-dealkylation sites (N-methyl/N-ethyl adjacent to an activating group) is 1. The molecule has 10 heteroatoms. The summed E-state index contributed by atoms with van der Waals surface area (Å²) in [4.78, 5) is 30.2. The highest BCUT2D eigenvalue weighted by molar-refractivity contribution is 8.18. The summed E-state index contributed by atoms with van der Waals surface area (Å²) in [5.41, 5.74) is 2.09. The summed E-state index contributed by atoms with van der Waals surface area (Å²) < 4.78 is 24.8. The van der Waals surface area contributed by atoms with Gasteiger partial charge in [0.05, 0.1) is 27.8 Å². The number of hydrogen-bond donors (Lipinski definition) is 1. The maximum Gasteiger partial charge on any atom is 0.335 e. The molecular weight excluding hydrogens is 519 g/mol. The molecule has 0 spiro atoms. The number of carbonyl (C=O) groups is 2. The van der Waals surface area contributed by atoms with Crippen molar-refractivity contribution in [2.45, 2.75) is 13.5 Å². The number of thioether (sulfide) groups is 1. The lowest BCUT2D eigenvalue weighted by Gasteiger charge is -2.15. The fourth-order valence-electron chi connectivity index (χ4n) is 3.40. The van der Waals surface area contributed by atoms with Crippen LogP contribution in [-0.2, 0) is 11.4 Å². The van der Waals surface area contributed by atoms with Crippen LogP contribution in [0.2, 0.25) is 5.02 Å². The highest BCUT2D eigenvalue weighted by atomic mass is 35.5. The molecule has 1 fully saturated rings. The van der Waals surface area contributed by atoms with Crippen molar-refractivity contribution in [1.82, 2.24) is 4.90 Å². The topological polar surface area (TPSA) is 88.4 Å². The number of carbonyl (C=O) groups excluding carboxylic acids is 1. The minimum Gasteiger partial charge on any atom is -0.490 e. The van der Waals surface area contributed by atoms with Gasteiger partial charge in [0.2, 0.25) is 0 Å². The third-order valence-electron chi connectivity index (χ3n) is 5.27. The molecule has 0 unspecified atom stereocenters. The van der Waals surface area contributed by atoms with Gasteiger partial charge in [-0.15, -0.1) is 0 Å². The Kier molecular flexibility index (Phi) is 8.15. The molecule has 37 heavy (non-hydrogen) atoms. The van der Waals surface area contributed by atoms with E-state index < -0.39 is 5.97 Å². The second-order valence-electron chi connectivity index (χ2n) is 7.90. The second kappa shape index (κ2) is 11.5. The normalized spacial score (nSPS) is 15.5. The minimum absolute atomic E-state index is 0.153. The van der Waals surface area contributed by atoms with Crippen LogP contribution in [0.3, 0.4) is 0 Å². The van der Waals surface area contributed by atoms with E-state index in [1.54, 1.807) is 49.5 Å². The van der Waals surface area contributed by atoms with Gasteiger partial charge in [-0.25, -0.2) is 14.2 Å². The van der Waals surface area contributed by atoms with Crippen LogP contribution in [0.1, 0.15) is 28.4 Å². The third kappa shape index (κ3) is 6.31. The summed E-state index contributed by atoms with van der Waals surface area (Å²) in [6.07, 6.45) is 1.69. The molecule has 0 atom stereocenters. The lowest BCUT2D eigenvalue weighted by molar-refractivity contribution is -0.121. The van der Waals surface area contributed by atoms with Crippen molar-refractivity contribution < 1.29 is 28.6 Å². The average Bonchev–Trinajstić information content (AvgIpc) is 3.12. The molecular formula is C27H22ClFN2O5S. The first-order chi connectivity index (χ1) is 17.7. The van der Waals surface area contributed by atoms with E-state index in [9.17, 15) is 14.0 Å². The van der Waals surface area contributed by atoms with E-state index in [4.69, 9.17) is 26.2 Å². The van der Waals surface area contributed by atoms with Gasteiger partial charge in [-0.2, -0.15) is 0 Å². The van der Waals surface area contributed by atoms with Crippen molar-refractivity contribution >= 4 is 52.2 Å². The first-order valence-electron chi connectivity index (χ1n) is 11.2. The molecule has 1 amide bonds. The molecule has 0 radical (unpaired) electrons. The summed E-state index contributed by atoms with van der Waals surface area (Å²) in [5.74, 6) is -0.825. The Hall–Kier alpha value is -3.82. The number of nitrogens with zero attached hydrogens (tertiary/aromatic N) is 2. The van der Waals surface area contributed by atoms with E-state index in [1.165, 1.54) is 40.9 Å². The number of aromatic carboxylic acids is 1. The zero-order valence-corrected chi connectivity index (χ0v) is 21.5. The van der Waals surface area contributed by atoms with E-state index in [1.807, 2.05) is 6.92 Å². The SMILES string of the molecule is CCOc1cc(/C=C2\SC(=Nc3ccc(C(=O)O)cc3)N(C)C2=O)cc(Cl)c1OCc1ccc(F)cc1. The number of amidine groups is 1. The smallest absolute Gasteiger partial charge is 0.335 e. The lowest BCUT2D eigenvalue weighted by Crippen LogP contribution is -2.23. The first-order valence-corrected chi connectivity index (χ1v) is 12.4. The maximum absolute atomic E-state index is 13.2. The second-order valence-corrected chi connectivity index (χ2v) is 9.32. The molecule has 0 aromatic heterocycles. The van der Waals surface area contributed by atoms with Crippen molar-refractivity contribution in [3.05, 3.63) is 93.1 Å². The lowest BCUT2D eigenvalue weighted by atomic mass is 10.1. The van der Waals surface area contributed by atoms with Crippen LogP contribution in [0.5, 0.6) is 11.5 Å². The van der Waals surface area contributed by atoms with Crippen molar-refractivity contribution in [2.24, 2.45) is 4.99 Å². The fraction of sp³-hybridized carbons (Fsp3) is 0.148. The molecule has 7 nitrogen and oxygen atoms in total. The largest absolute Gasteiger partial charge is 0.490 e. The minimum atomic E-state index is -1.02. The molecule has 0 saturated carbocycles. The number of carboxylic acids is 1. The van der Waals surface area contributed by atoms with Crippen LogP contribution in [0.4, 0.5) is 10.1 Å². The van der Waals surface area contributed by atoms with Crippen molar-refractivity contribution in [3.63, 3.8) is 0 Å². The Balaban J connectivity index is 1.57. The molecule has 1 aliphatic heterocycles. The molecule has 0 bridgehead atoms. The Morgan fingerprint density at radius 3 is 2.49 bits per heavy atom. The standard InChI is InChI=1S/C27H22ClFN2O5S/c1-3-35-22-13-17(12-21(28)24(22)36-15-16-4-8-19(29)9-5-16)14-23-25(32)31(2)27(37-23)30-20-10-6-18(7-11-20)26(33)34/h4-14H,3,15H2,1-2H3,(H,33,34)/b23-14-,30-27?. The van der Waals surface area contributed by atoms with E-state index in [2.05, 4.69) is 4.99 Å². The van der Waals surface area contributed by atoms with Crippen LogP contribution in [-0.4, -0.2) is 40.7 Å². The fourth-order valence-corrected chi connectivity index (χ4v) is 4.66. The Labute approximate surface area is 222 Å². The number of carboxylic acid groups (broad SMARTS) is 1. The highest BCUT2D eigenvalue weighted by Crippen LogP contribution is 2.39. The van der Waals surface area contributed by atoms with Crippen LogP contribution in [0, 0.1) is 5.82 Å². The number of ether oxygens (including phenoxy) is 2. The summed E-state index contributed by atoms with van der Waals surface area (Å²) in [6.45, 7) is 2.38. The number of hydrogen-bond acceptors (Lipinski definition) is 6. The van der Waals surface area contributed by atoms with Crippen LogP contribution in [0.25, 0.3) is 6.08 Å². The van der Waals surface area contributed by atoms with Gasteiger partial charge < -0.3 is 14.6 Å². The Bertz CT molecular complexity index is 1390. The van der Waals surface area contributed by atoms with Gasteiger partial charge in [-0.3, -0.25) is 9.69 Å². The number of benzene rings is 3. The third-order valence-corrected chi connectivity index (χ3v) is 6.61. The quantitative estimate of drug-likeness (QED) is 0.333. The molecule has 0 aliphatic carbocycles. The molecule has 1 saturated heterocycles.